The molecule has 0 aliphatic heterocycles. The van der Waals surface area contributed by atoms with Crippen molar-refractivity contribution in [3.8, 4) is 11.5 Å². The molecule has 0 fully saturated rings. The van der Waals surface area contributed by atoms with E-state index in [9.17, 15) is 38.9 Å². The van der Waals surface area contributed by atoms with Gasteiger partial charge in [-0.3, -0.25) is 20.2 Å². The smallest absolute Gasteiger partial charge is 0.290 e. The standard InChI is InChI=1S/C24H16N6O8S/c31-19-7-1-15(2-8-19)25-27-17-5-11-23(21(13-17)29(33)34)39(37,38)24-12-6-18(14-22(24)30(35)36)28-26-16-3-9-20(32)10-4-16/h1-14,31-32H. The number of sulfone groups is 1. The minimum atomic E-state index is -4.75. The van der Waals surface area contributed by atoms with Gasteiger partial charge < -0.3 is 10.2 Å². The lowest BCUT2D eigenvalue weighted by Crippen LogP contribution is -2.08. The number of benzene rings is 4. The summed E-state index contributed by atoms with van der Waals surface area (Å²) in [5, 5.41) is 57.6. The summed E-state index contributed by atoms with van der Waals surface area (Å²) >= 11 is 0. The molecule has 2 N–H and O–H groups in total. The number of nitro benzene ring substituents is 2. The van der Waals surface area contributed by atoms with Gasteiger partial charge in [-0.1, -0.05) is 0 Å². The largest absolute Gasteiger partial charge is 0.508 e. The van der Waals surface area contributed by atoms with Crippen LogP contribution in [0.2, 0.25) is 0 Å². The van der Waals surface area contributed by atoms with Crippen molar-refractivity contribution < 1.29 is 28.5 Å². The SMILES string of the molecule is O=[N+]([O-])c1cc(N=Nc2ccc(O)cc2)ccc1S(=O)(=O)c1ccc(N=Nc2ccc(O)cc2)cc1[N+](=O)[O-]. The van der Waals surface area contributed by atoms with Crippen molar-refractivity contribution in [3.05, 3.63) is 105 Å². The van der Waals surface area contributed by atoms with Crippen LogP contribution in [0.1, 0.15) is 0 Å². The topological polar surface area (TPSA) is 210 Å². The number of nitrogens with zero attached hydrogens (tertiary/aromatic N) is 6. The third kappa shape index (κ3) is 6.05. The predicted molar refractivity (Wildman–Crippen MR) is 136 cm³/mol. The van der Waals surface area contributed by atoms with Gasteiger partial charge in [0.05, 0.1) is 32.6 Å². The zero-order valence-corrected chi connectivity index (χ0v) is 20.3. The van der Waals surface area contributed by atoms with Crippen LogP contribution in [0.5, 0.6) is 11.5 Å². The first-order valence-electron chi connectivity index (χ1n) is 10.8. The second-order valence-electron chi connectivity index (χ2n) is 7.75. The fraction of sp³-hybridized carbons (Fsp3) is 0. The number of phenolic OH excluding ortho intramolecular Hbond substituents is 2. The molecular weight excluding hydrogens is 532 g/mol. The molecule has 0 heterocycles. The van der Waals surface area contributed by atoms with Crippen LogP contribution >= 0.6 is 0 Å². The van der Waals surface area contributed by atoms with Gasteiger partial charge in [0.25, 0.3) is 11.4 Å². The molecule has 39 heavy (non-hydrogen) atoms. The molecule has 4 aromatic rings. The highest BCUT2D eigenvalue weighted by Crippen LogP contribution is 2.38. The van der Waals surface area contributed by atoms with E-state index in [1.165, 1.54) is 48.5 Å². The number of phenols is 2. The Morgan fingerprint density at radius 1 is 0.538 bits per heavy atom. The maximum Gasteiger partial charge on any atom is 0.290 e. The summed E-state index contributed by atoms with van der Waals surface area (Å²) in [6, 6.07) is 17.1. The molecule has 4 aromatic carbocycles. The average molecular weight is 548 g/mol. The molecule has 0 bridgehead atoms. The zero-order valence-electron chi connectivity index (χ0n) is 19.5. The van der Waals surface area contributed by atoms with E-state index in [0.717, 1.165) is 36.4 Å². The molecule has 0 amide bonds. The highest BCUT2D eigenvalue weighted by molar-refractivity contribution is 7.91. The third-order valence-electron chi connectivity index (χ3n) is 5.12. The molecule has 4 rings (SSSR count). The Morgan fingerprint density at radius 2 is 0.846 bits per heavy atom. The van der Waals surface area contributed by atoms with Gasteiger partial charge >= 0.3 is 0 Å². The first-order valence-corrected chi connectivity index (χ1v) is 12.3. The normalized spacial score (nSPS) is 11.7. The predicted octanol–water partition coefficient (Wildman–Crippen LogP) is 6.58. The van der Waals surface area contributed by atoms with Crippen LogP contribution in [0, 0.1) is 20.2 Å². The van der Waals surface area contributed by atoms with E-state index >= 15 is 0 Å². The van der Waals surface area contributed by atoms with Crippen molar-refractivity contribution in [3.63, 3.8) is 0 Å². The highest BCUT2D eigenvalue weighted by atomic mass is 32.2. The Labute approximate surface area is 219 Å². The molecule has 0 saturated heterocycles. The molecule has 0 aliphatic rings. The molecule has 0 atom stereocenters. The molecule has 196 valence electrons. The van der Waals surface area contributed by atoms with Crippen LogP contribution in [-0.2, 0) is 9.84 Å². The summed E-state index contributed by atoms with van der Waals surface area (Å²) in [5.74, 6) is 0.00311. The molecule has 0 aromatic heterocycles. The molecule has 0 aliphatic carbocycles. The Balaban J connectivity index is 1.71. The van der Waals surface area contributed by atoms with Gasteiger partial charge in [0.15, 0.2) is 0 Å². The van der Waals surface area contributed by atoms with Crippen LogP contribution in [0.4, 0.5) is 34.1 Å². The lowest BCUT2D eigenvalue weighted by molar-refractivity contribution is -0.388. The molecule has 0 spiro atoms. The third-order valence-corrected chi connectivity index (χ3v) is 6.97. The van der Waals surface area contributed by atoms with Gasteiger partial charge in [-0.25, -0.2) is 8.42 Å². The van der Waals surface area contributed by atoms with Crippen molar-refractivity contribution in [1.82, 2.24) is 0 Å². The number of hydrogen-bond donors (Lipinski definition) is 2. The molecular formula is C24H16N6O8S. The lowest BCUT2D eigenvalue weighted by atomic mass is 10.3. The maximum atomic E-state index is 13.4. The van der Waals surface area contributed by atoms with Gasteiger partial charge in [0.2, 0.25) is 9.84 Å². The summed E-state index contributed by atoms with van der Waals surface area (Å²) in [7, 11) is -4.75. The first kappa shape index (κ1) is 26.5. The second-order valence-corrected chi connectivity index (χ2v) is 9.64. The average Bonchev–Trinajstić information content (AvgIpc) is 2.92. The summed E-state index contributed by atoms with van der Waals surface area (Å²) < 4.78 is 26.7. The Hall–Kier alpha value is -5.57. The van der Waals surface area contributed by atoms with Gasteiger partial charge in [0, 0.05) is 12.1 Å². The fourth-order valence-corrected chi connectivity index (χ4v) is 4.81. The van der Waals surface area contributed by atoms with Crippen molar-refractivity contribution in [1.29, 1.82) is 0 Å². The van der Waals surface area contributed by atoms with Crippen molar-refractivity contribution >= 4 is 44.0 Å². The van der Waals surface area contributed by atoms with Crippen molar-refractivity contribution in [2.75, 3.05) is 0 Å². The van der Waals surface area contributed by atoms with E-state index in [1.54, 1.807) is 0 Å². The lowest BCUT2D eigenvalue weighted by Gasteiger charge is -2.07. The van der Waals surface area contributed by atoms with E-state index < -0.39 is 40.8 Å². The van der Waals surface area contributed by atoms with Crippen molar-refractivity contribution in [2.45, 2.75) is 9.79 Å². The molecule has 0 saturated carbocycles. The monoisotopic (exact) mass is 548 g/mol. The maximum absolute atomic E-state index is 13.4. The van der Waals surface area contributed by atoms with E-state index in [0.29, 0.717) is 11.4 Å². The fourth-order valence-electron chi connectivity index (χ4n) is 3.26. The number of rotatable bonds is 8. The van der Waals surface area contributed by atoms with Crippen LogP contribution in [-0.4, -0.2) is 28.5 Å². The summed E-state index contributed by atoms with van der Waals surface area (Å²) in [6.45, 7) is 0. The van der Waals surface area contributed by atoms with Crippen molar-refractivity contribution in [2.24, 2.45) is 20.5 Å². The van der Waals surface area contributed by atoms with Gasteiger partial charge in [-0.15, -0.1) is 0 Å². The highest BCUT2D eigenvalue weighted by Gasteiger charge is 2.33. The minimum Gasteiger partial charge on any atom is -0.508 e. The number of azo groups is 2. The van der Waals surface area contributed by atoms with Gasteiger partial charge in [-0.05, 0) is 72.8 Å². The van der Waals surface area contributed by atoms with Gasteiger partial charge in [0.1, 0.15) is 21.3 Å². The second kappa shape index (κ2) is 10.8. The summed E-state index contributed by atoms with van der Waals surface area (Å²) in [6.07, 6.45) is 0. The van der Waals surface area contributed by atoms with E-state index in [-0.39, 0.29) is 22.9 Å². The number of nitro groups is 2. The summed E-state index contributed by atoms with van der Waals surface area (Å²) in [4.78, 5) is 20.0. The van der Waals surface area contributed by atoms with Crippen LogP contribution in [0.3, 0.4) is 0 Å². The Kier molecular flexibility index (Phi) is 7.35. The quantitative estimate of drug-likeness (QED) is 0.139. The molecule has 0 unspecified atom stereocenters. The first-order chi connectivity index (χ1) is 18.5. The van der Waals surface area contributed by atoms with E-state index in [4.69, 9.17) is 0 Å². The Morgan fingerprint density at radius 3 is 1.18 bits per heavy atom. The van der Waals surface area contributed by atoms with Crippen LogP contribution < -0.4 is 0 Å². The van der Waals surface area contributed by atoms with Gasteiger partial charge in [-0.2, -0.15) is 20.5 Å². The van der Waals surface area contributed by atoms with E-state index in [2.05, 4.69) is 20.5 Å². The number of aromatic hydroxyl groups is 2. The minimum absolute atomic E-state index is 0.00156. The summed E-state index contributed by atoms with van der Waals surface area (Å²) in [5.41, 5.74) is -1.16. The molecule has 0 radical (unpaired) electrons. The molecule has 14 nitrogen and oxygen atoms in total. The zero-order chi connectivity index (χ0) is 28.2. The van der Waals surface area contributed by atoms with Crippen LogP contribution in [0.25, 0.3) is 0 Å². The van der Waals surface area contributed by atoms with E-state index in [1.807, 2.05) is 0 Å². The van der Waals surface area contributed by atoms with Crippen LogP contribution in [0.15, 0.2) is 115 Å². The Bertz CT molecular complexity index is 1610. The molecule has 15 heteroatoms. The number of hydrogen-bond acceptors (Lipinski definition) is 12.